The Morgan fingerprint density at radius 1 is 1.42 bits per heavy atom. The molecule has 0 fully saturated rings. The zero-order chi connectivity index (χ0) is 14.4. The van der Waals surface area contributed by atoms with Gasteiger partial charge in [0.25, 0.3) is 0 Å². The molecule has 0 aromatic heterocycles. The summed E-state index contributed by atoms with van der Waals surface area (Å²) in [6.45, 7) is 4.94. The fraction of sp³-hybridized carbons (Fsp3) is 0.533. The van der Waals surface area contributed by atoms with Crippen LogP contribution in [0.4, 0.5) is 5.69 Å². The van der Waals surface area contributed by atoms with Crippen molar-refractivity contribution in [2.45, 2.75) is 26.2 Å². The standard InChI is InChI=1S/C15H24N2O2/c1-11(2)12-6-7-14(19-5)13(10-12)17(4)15(18)8-9-16-3/h6-7,10-11,16H,8-9H2,1-5H3. The van der Waals surface area contributed by atoms with Crippen molar-refractivity contribution in [3.63, 3.8) is 0 Å². The van der Waals surface area contributed by atoms with E-state index < -0.39 is 0 Å². The number of nitrogens with one attached hydrogen (secondary N) is 1. The number of hydrogen-bond acceptors (Lipinski definition) is 3. The highest BCUT2D eigenvalue weighted by molar-refractivity contribution is 5.94. The molecule has 0 unspecified atom stereocenters. The quantitative estimate of drug-likeness (QED) is 0.857. The average Bonchev–Trinajstić information content (AvgIpc) is 2.42. The minimum Gasteiger partial charge on any atom is -0.495 e. The minimum atomic E-state index is 0.0774. The first-order chi connectivity index (χ1) is 9.01. The molecule has 0 heterocycles. The lowest BCUT2D eigenvalue weighted by Crippen LogP contribution is -2.29. The number of methoxy groups -OCH3 is 1. The third-order valence-electron chi connectivity index (χ3n) is 3.19. The van der Waals surface area contributed by atoms with E-state index in [2.05, 4.69) is 19.2 Å². The molecule has 0 aliphatic carbocycles. The molecule has 0 spiro atoms. The van der Waals surface area contributed by atoms with E-state index in [1.54, 1.807) is 19.1 Å². The van der Waals surface area contributed by atoms with E-state index in [0.717, 1.165) is 11.4 Å². The Bertz CT molecular complexity index is 430. The third-order valence-corrected chi connectivity index (χ3v) is 3.19. The summed E-state index contributed by atoms with van der Waals surface area (Å²) in [6, 6.07) is 5.99. The largest absolute Gasteiger partial charge is 0.495 e. The Balaban J connectivity index is 3.01. The summed E-state index contributed by atoms with van der Waals surface area (Å²) in [5, 5.41) is 2.98. The van der Waals surface area contributed by atoms with Gasteiger partial charge in [-0.3, -0.25) is 4.79 Å². The molecular weight excluding hydrogens is 240 g/mol. The Hall–Kier alpha value is -1.55. The fourth-order valence-electron chi connectivity index (χ4n) is 1.86. The van der Waals surface area contributed by atoms with E-state index >= 15 is 0 Å². The normalized spacial score (nSPS) is 10.6. The molecule has 0 aliphatic heterocycles. The van der Waals surface area contributed by atoms with Gasteiger partial charge in [-0.2, -0.15) is 0 Å². The van der Waals surface area contributed by atoms with Crippen LogP contribution in [0.2, 0.25) is 0 Å². The maximum Gasteiger partial charge on any atom is 0.228 e. The van der Waals surface area contributed by atoms with Gasteiger partial charge >= 0.3 is 0 Å². The maximum absolute atomic E-state index is 12.1. The number of amides is 1. The van der Waals surface area contributed by atoms with Crippen molar-refractivity contribution in [3.8, 4) is 5.75 Å². The number of carbonyl (C=O) groups excluding carboxylic acids is 1. The van der Waals surface area contributed by atoms with Gasteiger partial charge in [0.15, 0.2) is 0 Å². The second kappa shape index (κ2) is 7.14. The first kappa shape index (κ1) is 15.5. The molecule has 19 heavy (non-hydrogen) atoms. The van der Waals surface area contributed by atoms with E-state index in [1.807, 2.05) is 25.2 Å². The minimum absolute atomic E-state index is 0.0774. The monoisotopic (exact) mass is 264 g/mol. The number of ether oxygens (including phenoxy) is 1. The molecule has 1 N–H and O–H groups in total. The number of nitrogens with zero attached hydrogens (tertiary/aromatic N) is 1. The Kier molecular flexibility index (Phi) is 5.83. The van der Waals surface area contributed by atoms with Crippen molar-refractivity contribution in [1.82, 2.24) is 5.32 Å². The summed E-state index contributed by atoms with van der Waals surface area (Å²) in [5.74, 6) is 1.23. The van der Waals surface area contributed by atoms with Crippen molar-refractivity contribution in [2.24, 2.45) is 0 Å². The molecule has 0 atom stereocenters. The van der Waals surface area contributed by atoms with Gasteiger partial charge in [0.2, 0.25) is 5.91 Å². The van der Waals surface area contributed by atoms with Crippen molar-refractivity contribution < 1.29 is 9.53 Å². The molecule has 4 nitrogen and oxygen atoms in total. The van der Waals surface area contributed by atoms with Crippen LogP contribution >= 0.6 is 0 Å². The van der Waals surface area contributed by atoms with Crippen LogP contribution in [0, 0.1) is 0 Å². The van der Waals surface area contributed by atoms with Gasteiger partial charge in [0.1, 0.15) is 5.75 Å². The van der Waals surface area contributed by atoms with Crippen molar-refractivity contribution in [1.29, 1.82) is 0 Å². The molecule has 1 amide bonds. The molecule has 0 saturated carbocycles. The maximum atomic E-state index is 12.1. The van der Waals surface area contributed by atoms with E-state index in [4.69, 9.17) is 4.74 Å². The molecule has 0 bridgehead atoms. The molecule has 0 saturated heterocycles. The lowest BCUT2D eigenvalue weighted by molar-refractivity contribution is -0.118. The van der Waals surface area contributed by atoms with E-state index in [1.165, 1.54) is 5.56 Å². The predicted molar refractivity (Wildman–Crippen MR) is 79.0 cm³/mol. The van der Waals surface area contributed by atoms with Crippen LogP contribution in [0.3, 0.4) is 0 Å². The number of benzene rings is 1. The fourth-order valence-corrected chi connectivity index (χ4v) is 1.86. The summed E-state index contributed by atoms with van der Waals surface area (Å²) in [6.07, 6.45) is 0.474. The zero-order valence-corrected chi connectivity index (χ0v) is 12.5. The lowest BCUT2D eigenvalue weighted by atomic mass is 10.0. The van der Waals surface area contributed by atoms with Gasteiger partial charge < -0.3 is 15.0 Å². The molecule has 1 aromatic rings. The smallest absolute Gasteiger partial charge is 0.228 e. The second-order valence-electron chi connectivity index (χ2n) is 4.89. The van der Waals surface area contributed by atoms with Crippen LogP contribution < -0.4 is 15.0 Å². The Labute approximate surface area is 115 Å². The zero-order valence-electron chi connectivity index (χ0n) is 12.5. The summed E-state index contributed by atoms with van der Waals surface area (Å²) < 4.78 is 5.35. The van der Waals surface area contributed by atoms with Gasteiger partial charge in [-0.1, -0.05) is 19.9 Å². The second-order valence-corrected chi connectivity index (χ2v) is 4.89. The van der Waals surface area contributed by atoms with E-state index in [0.29, 0.717) is 18.9 Å². The first-order valence-corrected chi connectivity index (χ1v) is 6.60. The summed E-state index contributed by atoms with van der Waals surface area (Å²) in [5.41, 5.74) is 2.03. The van der Waals surface area contributed by atoms with Gasteiger partial charge in [0, 0.05) is 20.0 Å². The van der Waals surface area contributed by atoms with Gasteiger partial charge in [0.05, 0.1) is 12.8 Å². The summed E-state index contributed by atoms with van der Waals surface area (Å²) in [4.78, 5) is 13.8. The van der Waals surface area contributed by atoms with Crippen LogP contribution in [0.1, 0.15) is 31.7 Å². The Morgan fingerprint density at radius 3 is 2.63 bits per heavy atom. The number of hydrogen-bond donors (Lipinski definition) is 1. The van der Waals surface area contributed by atoms with Crippen molar-refractivity contribution in [3.05, 3.63) is 23.8 Å². The molecule has 0 radical (unpaired) electrons. The van der Waals surface area contributed by atoms with E-state index in [9.17, 15) is 4.79 Å². The number of carbonyl (C=O) groups is 1. The highest BCUT2D eigenvalue weighted by Gasteiger charge is 2.16. The van der Waals surface area contributed by atoms with Gasteiger partial charge in [-0.15, -0.1) is 0 Å². The van der Waals surface area contributed by atoms with E-state index in [-0.39, 0.29) is 5.91 Å². The van der Waals surface area contributed by atoms with Crippen LogP contribution in [0.5, 0.6) is 5.75 Å². The van der Waals surface area contributed by atoms with Gasteiger partial charge in [-0.25, -0.2) is 0 Å². The average molecular weight is 264 g/mol. The molecule has 1 rings (SSSR count). The Morgan fingerprint density at radius 2 is 2.11 bits per heavy atom. The summed E-state index contributed by atoms with van der Waals surface area (Å²) in [7, 11) is 5.26. The first-order valence-electron chi connectivity index (χ1n) is 6.60. The number of rotatable bonds is 6. The summed E-state index contributed by atoms with van der Waals surface area (Å²) >= 11 is 0. The molecule has 0 aliphatic rings. The molecule has 106 valence electrons. The van der Waals surface area contributed by atoms with Crippen molar-refractivity contribution in [2.75, 3.05) is 32.6 Å². The molecular formula is C15H24N2O2. The highest BCUT2D eigenvalue weighted by atomic mass is 16.5. The number of anilines is 1. The van der Waals surface area contributed by atoms with Crippen LogP contribution in [-0.4, -0.2) is 33.7 Å². The highest BCUT2D eigenvalue weighted by Crippen LogP contribution is 2.31. The van der Waals surface area contributed by atoms with Gasteiger partial charge in [-0.05, 0) is 30.7 Å². The van der Waals surface area contributed by atoms with Crippen LogP contribution in [0.15, 0.2) is 18.2 Å². The van der Waals surface area contributed by atoms with Crippen LogP contribution in [0.25, 0.3) is 0 Å². The molecule has 4 heteroatoms. The predicted octanol–water partition coefficient (Wildman–Crippen LogP) is 2.39. The topological polar surface area (TPSA) is 41.6 Å². The third kappa shape index (κ3) is 3.96. The molecule has 1 aromatic carbocycles. The lowest BCUT2D eigenvalue weighted by Gasteiger charge is -2.21. The SMILES string of the molecule is CNCCC(=O)N(C)c1cc(C(C)C)ccc1OC. The van der Waals surface area contributed by atoms with Crippen LogP contribution in [-0.2, 0) is 4.79 Å². The van der Waals surface area contributed by atoms with Crippen molar-refractivity contribution >= 4 is 11.6 Å².